The summed E-state index contributed by atoms with van der Waals surface area (Å²) in [4.78, 5) is 12.9. The molecule has 2 atom stereocenters. The van der Waals surface area contributed by atoms with Crippen molar-refractivity contribution in [2.45, 2.75) is 30.7 Å². The third-order valence-corrected chi connectivity index (χ3v) is 5.46. The lowest BCUT2D eigenvalue weighted by molar-refractivity contribution is -0.125. The number of amides is 1. The van der Waals surface area contributed by atoms with E-state index in [4.69, 9.17) is 4.74 Å². The minimum atomic E-state index is -0.452. The standard InChI is InChI=1S/C21H22FNO2/c22-17-8-6-16(7-9-17)21(10-12-25-13-11-21)23-20(24)19-14-18(19)15-4-2-1-3-5-15/h1-9,18-19H,10-14H2,(H,23,24)/t18-,19-/m1/s1. The van der Waals surface area contributed by atoms with E-state index in [2.05, 4.69) is 17.4 Å². The Morgan fingerprint density at radius 3 is 2.40 bits per heavy atom. The molecule has 2 aromatic carbocycles. The number of carbonyl (C=O) groups excluding carboxylic acids is 1. The van der Waals surface area contributed by atoms with Crippen molar-refractivity contribution in [3.8, 4) is 0 Å². The van der Waals surface area contributed by atoms with Gasteiger partial charge in [-0.2, -0.15) is 0 Å². The van der Waals surface area contributed by atoms with Crippen LogP contribution in [0.3, 0.4) is 0 Å². The molecular formula is C21H22FNO2. The zero-order valence-electron chi connectivity index (χ0n) is 14.1. The zero-order chi connectivity index (χ0) is 17.3. The highest BCUT2D eigenvalue weighted by molar-refractivity contribution is 5.83. The van der Waals surface area contributed by atoms with E-state index in [0.717, 1.165) is 12.0 Å². The topological polar surface area (TPSA) is 38.3 Å². The molecule has 1 saturated carbocycles. The van der Waals surface area contributed by atoms with E-state index in [0.29, 0.717) is 32.0 Å². The van der Waals surface area contributed by atoms with Crippen LogP contribution in [0.25, 0.3) is 0 Å². The van der Waals surface area contributed by atoms with E-state index in [1.54, 1.807) is 12.1 Å². The van der Waals surface area contributed by atoms with Crippen molar-refractivity contribution in [2.24, 2.45) is 5.92 Å². The molecule has 1 amide bonds. The van der Waals surface area contributed by atoms with Crippen molar-refractivity contribution in [3.05, 3.63) is 71.5 Å². The minimum Gasteiger partial charge on any atom is -0.381 e. The average molecular weight is 339 g/mol. The number of hydrogen-bond acceptors (Lipinski definition) is 2. The van der Waals surface area contributed by atoms with Crippen LogP contribution in [0.5, 0.6) is 0 Å². The Morgan fingerprint density at radius 2 is 1.72 bits per heavy atom. The maximum Gasteiger partial charge on any atom is 0.224 e. The van der Waals surface area contributed by atoms with Gasteiger partial charge in [-0.3, -0.25) is 4.79 Å². The number of halogens is 1. The second kappa shape index (κ2) is 6.60. The lowest BCUT2D eigenvalue weighted by Gasteiger charge is -2.38. The average Bonchev–Trinajstić information content (AvgIpc) is 3.45. The first-order valence-corrected chi connectivity index (χ1v) is 8.89. The summed E-state index contributed by atoms with van der Waals surface area (Å²) in [6.45, 7) is 1.20. The molecule has 3 nitrogen and oxygen atoms in total. The van der Waals surface area contributed by atoms with Gasteiger partial charge in [-0.25, -0.2) is 4.39 Å². The van der Waals surface area contributed by atoms with Crippen molar-refractivity contribution in [1.82, 2.24) is 5.32 Å². The summed E-state index contributed by atoms with van der Waals surface area (Å²) in [5.41, 5.74) is 1.74. The van der Waals surface area contributed by atoms with E-state index in [1.165, 1.54) is 17.7 Å². The van der Waals surface area contributed by atoms with Gasteiger partial charge < -0.3 is 10.1 Å². The quantitative estimate of drug-likeness (QED) is 0.921. The largest absolute Gasteiger partial charge is 0.381 e. The SMILES string of the molecule is O=C(NC1(c2ccc(F)cc2)CCOCC1)[C@@H]1C[C@@H]1c1ccccc1. The Bertz CT molecular complexity index is 738. The smallest absolute Gasteiger partial charge is 0.224 e. The van der Waals surface area contributed by atoms with Gasteiger partial charge in [0.2, 0.25) is 5.91 Å². The number of nitrogens with one attached hydrogen (secondary N) is 1. The molecule has 0 spiro atoms. The minimum absolute atomic E-state index is 0.0302. The lowest BCUT2D eigenvalue weighted by Crippen LogP contribution is -2.50. The summed E-state index contributed by atoms with van der Waals surface area (Å²) in [7, 11) is 0. The number of rotatable bonds is 4. The number of ether oxygens (including phenoxy) is 1. The van der Waals surface area contributed by atoms with E-state index < -0.39 is 5.54 Å². The number of carbonyl (C=O) groups is 1. The molecule has 0 radical (unpaired) electrons. The lowest BCUT2D eigenvalue weighted by atomic mass is 9.82. The molecule has 1 N–H and O–H groups in total. The van der Waals surface area contributed by atoms with E-state index in [-0.39, 0.29) is 17.6 Å². The van der Waals surface area contributed by atoms with E-state index in [9.17, 15) is 9.18 Å². The maximum atomic E-state index is 13.3. The molecule has 0 bridgehead atoms. The van der Waals surface area contributed by atoms with Crippen molar-refractivity contribution >= 4 is 5.91 Å². The van der Waals surface area contributed by atoms with Crippen LogP contribution in [0.1, 0.15) is 36.3 Å². The number of hydrogen-bond donors (Lipinski definition) is 1. The number of benzene rings is 2. The molecule has 2 aromatic rings. The van der Waals surface area contributed by atoms with Gasteiger partial charge >= 0.3 is 0 Å². The van der Waals surface area contributed by atoms with Crippen LogP contribution in [0.15, 0.2) is 54.6 Å². The van der Waals surface area contributed by atoms with Crippen molar-refractivity contribution in [1.29, 1.82) is 0 Å². The highest BCUT2D eigenvalue weighted by Gasteiger charge is 2.47. The summed E-state index contributed by atoms with van der Waals surface area (Å²) < 4.78 is 18.8. The predicted octanol–water partition coefficient (Wildman–Crippen LogP) is 3.75. The van der Waals surface area contributed by atoms with Crippen molar-refractivity contribution < 1.29 is 13.9 Å². The van der Waals surface area contributed by atoms with Crippen LogP contribution in [0, 0.1) is 11.7 Å². The molecule has 1 saturated heterocycles. The summed E-state index contributed by atoms with van der Waals surface area (Å²) in [6.07, 6.45) is 2.33. The highest BCUT2D eigenvalue weighted by atomic mass is 19.1. The van der Waals surface area contributed by atoms with Crippen LogP contribution >= 0.6 is 0 Å². The molecule has 25 heavy (non-hydrogen) atoms. The Balaban J connectivity index is 1.51. The second-order valence-corrected chi connectivity index (χ2v) is 7.05. The van der Waals surface area contributed by atoms with Crippen molar-refractivity contribution in [3.63, 3.8) is 0 Å². The molecule has 2 aliphatic rings. The monoisotopic (exact) mass is 339 g/mol. The summed E-state index contributed by atoms with van der Waals surface area (Å²) in [5.74, 6) is 0.178. The molecule has 1 aliphatic heterocycles. The van der Waals surface area contributed by atoms with Gasteiger partial charge in [0.1, 0.15) is 5.82 Å². The first kappa shape index (κ1) is 16.3. The molecule has 0 unspecified atom stereocenters. The molecule has 4 rings (SSSR count). The van der Waals surface area contributed by atoms with Gasteiger partial charge in [0.15, 0.2) is 0 Å². The third-order valence-electron chi connectivity index (χ3n) is 5.46. The normalized spacial score (nSPS) is 24.5. The fourth-order valence-corrected chi connectivity index (χ4v) is 3.86. The fourth-order valence-electron chi connectivity index (χ4n) is 3.86. The highest BCUT2D eigenvalue weighted by Crippen LogP contribution is 2.48. The molecule has 1 aliphatic carbocycles. The fraction of sp³-hybridized carbons (Fsp3) is 0.381. The molecule has 2 fully saturated rings. The molecule has 4 heteroatoms. The summed E-state index contributed by atoms with van der Waals surface area (Å²) >= 11 is 0. The van der Waals surface area contributed by atoms with E-state index in [1.807, 2.05) is 18.2 Å². The Labute approximate surface area is 147 Å². The molecule has 0 aromatic heterocycles. The Morgan fingerprint density at radius 1 is 1.04 bits per heavy atom. The first-order chi connectivity index (χ1) is 12.2. The van der Waals surface area contributed by atoms with Crippen LogP contribution < -0.4 is 5.32 Å². The van der Waals surface area contributed by atoms with Crippen LogP contribution in [0.2, 0.25) is 0 Å². The Hall–Kier alpha value is -2.20. The Kier molecular flexibility index (Phi) is 4.30. The zero-order valence-corrected chi connectivity index (χ0v) is 14.1. The van der Waals surface area contributed by atoms with Gasteiger partial charge in [0.25, 0.3) is 0 Å². The maximum absolute atomic E-state index is 13.3. The van der Waals surface area contributed by atoms with Gasteiger partial charge in [-0.05, 0) is 48.4 Å². The van der Waals surface area contributed by atoms with Gasteiger partial charge in [-0.15, -0.1) is 0 Å². The first-order valence-electron chi connectivity index (χ1n) is 8.89. The molecule has 130 valence electrons. The van der Waals surface area contributed by atoms with Crippen molar-refractivity contribution in [2.75, 3.05) is 13.2 Å². The van der Waals surface area contributed by atoms with Gasteiger partial charge in [0, 0.05) is 19.1 Å². The van der Waals surface area contributed by atoms with Crippen LogP contribution in [0.4, 0.5) is 4.39 Å². The molecule has 1 heterocycles. The molecular weight excluding hydrogens is 317 g/mol. The predicted molar refractivity (Wildman–Crippen MR) is 93.6 cm³/mol. The van der Waals surface area contributed by atoms with Gasteiger partial charge in [0.05, 0.1) is 5.54 Å². The summed E-state index contributed by atoms with van der Waals surface area (Å²) in [5, 5.41) is 3.29. The second-order valence-electron chi connectivity index (χ2n) is 7.05. The third kappa shape index (κ3) is 3.31. The summed E-state index contributed by atoms with van der Waals surface area (Å²) in [6, 6.07) is 16.7. The van der Waals surface area contributed by atoms with Crippen LogP contribution in [-0.4, -0.2) is 19.1 Å². The van der Waals surface area contributed by atoms with Crippen LogP contribution in [-0.2, 0) is 15.1 Å². The van der Waals surface area contributed by atoms with E-state index >= 15 is 0 Å². The van der Waals surface area contributed by atoms with Gasteiger partial charge in [-0.1, -0.05) is 42.5 Å².